The molecule has 0 heterocycles. The third-order valence-electron chi connectivity index (χ3n) is 1.54. The summed E-state index contributed by atoms with van der Waals surface area (Å²) in [6.07, 6.45) is 0.904. The summed E-state index contributed by atoms with van der Waals surface area (Å²) in [5, 5.41) is 0. The second-order valence-corrected chi connectivity index (χ2v) is 4.67. The predicted octanol–water partition coefficient (Wildman–Crippen LogP) is 0.394. The Balaban J connectivity index is 3.50. The van der Waals surface area contributed by atoms with Gasteiger partial charge in [-0.1, -0.05) is 0 Å². The second-order valence-electron chi connectivity index (χ2n) is 2.68. The summed E-state index contributed by atoms with van der Waals surface area (Å²) in [7, 11) is -3.58. The van der Waals surface area contributed by atoms with Crippen LogP contribution in [0.2, 0.25) is 0 Å². The summed E-state index contributed by atoms with van der Waals surface area (Å²) in [4.78, 5) is -0.431. The minimum atomic E-state index is -3.58. The highest BCUT2D eigenvalue weighted by molar-refractivity contribution is 7.90. The lowest BCUT2D eigenvalue weighted by molar-refractivity contribution is 0.571. The van der Waals surface area contributed by atoms with Gasteiger partial charge >= 0.3 is 0 Å². The Morgan fingerprint density at radius 2 is 1.69 bits per heavy atom. The Morgan fingerprint density at radius 1 is 1.23 bits per heavy atom. The smallest absolute Gasteiger partial charge is 0.178 e. The maximum absolute atomic E-state index is 13.0. The molecule has 13 heavy (non-hydrogen) atoms. The van der Waals surface area contributed by atoms with Gasteiger partial charge in [0.25, 0.3) is 0 Å². The van der Waals surface area contributed by atoms with E-state index in [2.05, 4.69) is 0 Å². The van der Waals surface area contributed by atoms with Gasteiger partial charge in [0.2, 0.25) is 0 Å². The Labute approximate surface area is 75.3 Å². The van der Waals surface area contributed by atoms with Crippen LogP contribution in [0.4, 0.5) is 15.8 Å². The van der Waals surface area contributed by atoms with E-state index in [4.69, 9.17) is 11.5 Å². The Morgan fingerprint density at radius 3 is 2.15 bits per heavy atom. The third kappa shape index (κ3) is 1.89. The zero-order valence-electron chi connectivity index (χ0n) is 6.91. The third-order valence-corrected chi connectivity index (χ3v) is 2.65. The van der Waals surface area contributed by atoms with Gasteiger partial charge in [-0.2, -0.15) is 0 Å². The summed E-state index contributed by atoms with van der Waals surface area (Å²) in [5.41, 5.74) is 10.7. The van der Waals surface area contributed by atoms with E-state index in [0.29, 0.717) is 0 Å². The fourth-order valence-electron chi connectivity index (χ4n) is 0.869. The molecule has 6 heteroatoms. The molecule has 0 aromatic heterocycles. The molecule has 0 radical (unpaired) electrons. The normalized spacial score (nSPS) is 11.5. The topological polar surface area (TPSA) is 86.2 Å². The average molecular weight is 204 g/mol. The van der Waals surface area contributed by atoms with Crippen LogP contribution >= 0.6 is 0 Å². The SMILES string of the molecule is CS(=O)(=O)c1cc(N)c(N)cc1F. The first-order valence-corrected chi connectivity index (χ1v) is 5.26. The van der Waals surface area contributed by atoms with E-state index in [0.717, 1.165) is 18.4 Å². The van der Waals surface area contributed by atoms with Crippen LogP contribution in [-0.2, 0) is 9.84 Å². The van der Waals surface area contributed by atoms with Crippen molar-refractivity contribution in [3.8, 4) is 0 Å². The van der Waals surface area contributed by atoms with E-state index in [9.17, 15) is 12.8 Å². The van der Waals surface area contributed by atoms with E-state index in [1.165, 1.54) is 0 Å². The van der Waals surface area contributed by atoms with Crippen LogP contribution in [0, 0.1) is 5.82 Å². The number of anilines is 2. The molecule has 0 aliphatic carbocycles. The molecule has 1 aromatic carbocycles. The second kappa shape index (κ2) is 2.88. The van der Waals surface area contributed by atoms with Crippen molar-refractivity contribution >= 4 is 21.2 Å². The van der Waals surface area contributed by atoms with Crippen LogP contribution < -0.4 is 11.5 Å². The van der Waals surface area contributed by atoms with Gasteiger partial charge in [0.1, 0.15) is 10.7 Å². The van der Waals surface area contributed by atoms with Gasteiger partial charge < -0.3 is 11.5 Å². The van der Waals surface area contributed by atoms with Crippen LogP contribution in [0.3, 0.4) is 0 Å². The fraction of sp³-hybridized carbons (Fsp3) is 0.143. The maximum Gasteiger partial charge on any atom is 0.178 e. The molecular weight excluding hydrogens is 195 g/mol. The number of benzene rings is 1. The van der Waals surface area contributed by atoms with Gasteiger partial charge in [-0.15, -0.1) is 0 Å². The van der Waals surface area contributed by atoms with E-state index < -0.39 is 20.5 Å². The molecule has 4 N–H and O–H groups in total. The van der Waals surface area contributed by atoms with Gasteiger partial charge in [0, 0.05) is 12.3 Å². The Kier molecular flexibility index (Phi) is 2.17. The van der Waals surface area contributed by atoms with Crippen molar-refractivity contribution in [3.63, 3.8) is 0 Å². The quantitative estimate of drug-likeness (QED) is 0.648. The molecule has 1 rings (SSSR count). The van der Waals surface area contributed by atoms with E-state index in [-0.39, 0.29) is 11.4 Å². The molecular formula is C7H9FN2O2S. The first kappa shape index (κ1) is 9.79. The predicted molar refractivity (Wildman–Crippen MR) is 48.3 cm³/mol. The number of hydrogen-bond acceptors (Lipinski definition) is 4. The van der Waals surface area contributed by atoms with Crippen LogP contribution in [0.1, 0.15) is 0 Å². The van der Waals surface area contributed by atoms with Gasteiger partial charge in [-0.3, -0.25) is 0 Å². The number of rotatable bonds is 1. The maximum atomic E-state index is 13.0. The summed E-state index contributed by atoms with van der Waals surface area (Å²) in [6.45, 7) is 0. The van der Waals surface area contributed by atoms with Crippen LogP contribution in [0.5, 0.6) is 0 Å². The van der Waals surface area contributed by atoms with Crippen LogP contribution in [0.25, 0.3) is 0 Å². The minimum Gasteiger partial charge on any atom is -0.397 e. The minimum absolute atomic E-state index is 0.0323. The number of nitrogens with two attached hydrogens (primary N) is 2. The van der Waals surface area contributed by atoms with Crippen molar-refractivity contribution in [1.29, 1.82) is 0 Å². The lowest BCUT2D eigenvalue weighted by Crippen LogP contribution is -2.04. The zero-order valence-corrected chi connectivity index (χ0v) is 7.73. The summed E-state index contributed by atoms with van der Waals surface area (Å²) < 4.78 is 35.0. The fourth-order valence-corrected chi connectivity index (χ4v) is 1.62. The van der Waals surface area contributed by atoms with Gasteiger partial charge in [0.15, 0.2) is 9.84 Å². The molecule has 1 aromatic rings. The largest absolute Gasteiger partial charge is 0.397 e. The molecule has 0 fully saturated rings. The average Bonchev–Trinajstić information content (AvgIpc) is 1.94. The molecule has 0 aliphatic heterocycles. The van der Waals surface area contributed by atoms with Crippen molar-refractivity contribution in [2.45, 2.75) is 4.90 Å². The van der Waals surface area contributed by atoms with Crippen molar-refractivity contribution in [2.75, 3.05) is 17.7 Å². The molecule has 0 saturated carbocycles. The lowest BCUT2D eigenvalue weighted by Gasteiger charge is -2.04. The summed E-state index contributed by atoms with van der Waals surface area (Å²) in [6, 6.07) is 1.91. The highest BCUT2D eigenvalue weighted by atomic mass is 32.2. The van der Waals surface area contributed by atoms with Crippen molar-refractivity contribution in [3.05, 3.63) is 17.9 Å². The number of hydrogen-bond donors (Lipinski definition) is 2. The first-order chi connectivity index (χ1) is 5.82. The van der Waals surface area contributed by atoms with E-state index >= 15 is 0 Å². The zero-order chi connectivity index (χ0) is 10.2. The first-order valence-electron chi connectivity index (χ1n) is 3.37. The highest BCUT2D eigenvalue weighted by Crippen LogP contribution is 2.23. The van der Waals surface area contributed by atoms with E-state index in [1.807, 2.05) is 0 Å². The van der Waals surface area contributed by atoms with Gasteiger partial charge in [-0.25, -0.2) is 12.8 Å². The molecule has 4 nitrogen and oxygen atoms in total. The van der Waals surface area contributed by atoms with E-state index in [1.54, 1.807) is 0 Å². The van der Waals surface area contributed by atoms with Crippen LogP contribution in [-0.4, -0.2) is 14.7 Å². The Hall–Kier alpha value is -1.30. The monoisotopic (exact) mass is 204 g/mol. The van der Waals surface area contributed by atoms with Gasteiger partial charge in [0.05, 0.1) is 11.4 Å². The number of sulfone groups is 1. The molecule has 0 amide bonds. The van der Waals surface area contributed by atoms with Crippen LogP contribution in [0.15, 0.2) is 17.0 Å². The number of nitrogen functional groups attached to an aromatic ring is 2. The molecule has 72 valence electrons. The summed E-state index contributed by atoms with van der Waals surface area (Å²) in [5.74, 6) is -0.880. The highest BCUT2D eigenvalue weighted by Gasteiger charge is 2.15. The molecule has 0 atom stereocenters. The molecule has 0 bridgehead atoms. The molecule has 0 spiro atoms. The Bertz CT molecular complexity index is 442. The molecule has 0 unspecified atom stereocenters. The molecule has 0 aliphatic rings. The molecule has 0 saturated heterocycles. The number of halogens is 1. The van der Waals surface area contributed by atoms with Crippen molar-refractivity contribution in [2.24, 2.45) is 0 Å². The lowest BCUT2D eigenvalue weighted by atomic mass is 10.3. The standard InChI is InChI=1S/C7H9FN2O2S/c1-13(11,12)7-3-6(10)5(9)2-4(7)8/h2-3H,9-10H2,1H3. The van der Waals surface area contributed by atoms with Gasteiger partial charge in [-0.05, 0) is 6.07 Å². The van der Waals surface area contributed by atoms with Crippen molar-refractivity contribution in [1.82, 2.24) is 0 Å². The van der Waals surface area contributed by atoms with Crippen molar-refractivity contribution < 1.29 is 12.8 Å². The summed E-state index contributed by atoms with van der Waals surface area (Å²) >= 11 is 0.